The van der Waals surface area contributed by atoms with E-state index < -0.39 is 24.0 Å². The van der Waals surface area contributed by atoms with Gasteiger partial charge in [-0.25, -0.2) is 4.79 Å². The Morgan fingerprint density at radius 2 is 1.89 bits per heavy atom. The van der Waals surface area contributed by atoms with Crippen molar-refractivity contribution in [2.45, 2.75) is 70.5 Å². The maximum Gasteiger partial charge on any atom is 0.326 e. The standard InChI is InChI=1S/C28H32N2O4S/c1-3-8-17(2)25(35)26(31)29-22-16-20-14-13-19(18-9-5-4-6-10-18)15-21(20)23-11-7-12-24(28(33)34)30(23)27(22)32/h4-6,9-10,13-15,17,22-24H,3,7-8,11-12,16H2,1-2H3,(H,29,31)(H,33,34)/t17?,22-,23+,24-/m0/s1. The van der Waals surface area contributed by atoms with Gasteiger partial charge in [-0.05, 0) is 59.9 Å². The third-order valence-corrected chi connectivity index (χ3v) is 7.79. The molecular weight excluding hydrogens is 460 g/mol. The van der Waals surface area contributed by atoms with Crippen LogP contribution in [0.5, 0.6) is 0 Å². The fourth-order valence-electron chi connectivity index (χ4n) is 5.37. The first kappa shape index (κ1) is 25.0. The molecule has 6 nitrogen and oxygen atoms in total. The van der Waals surface area contributed by atoms with Crippen molar-refractivity contribution in [1.29, 1.82) is 0 Å². The van der Waals surface area contributed by atoms with Crippen LogP contribution in [-0.2, 0) is 20.8 Å². The highest BCUT2D eigenvalue weighted by Gasteiger charge is 2.44. The largest absolute Gasteiger partial charge is 0.480 e. The Morgan fingerprint density at radius 3 is 2.57 bits per heavy atom. The smallest absolute Gasteiger partial charge is 0.326 e. The van der Waals surface area contributed by atoms with Crippen LogP contribution in [0.15, 0.2) is 48.5 Å². The molecule has 4 atom stereocenters. The van der Waals surface area contributed by atoms with Crippen molar-refractivity contribution in [1.82, 2.24) is 10.2 Å². The van der Waals surface area contributed by atoms with Gasteiger partial charge in [-0.3, -0.25) is 9.59 Å². The van der Waals surface area contributed by atoms with Crippen LogP contribution in [0.3, 0.4) is 0 Å². The van der Waals surface area contributed by atoms with Crippen molar-refractivity contribution in [3.05, 3.63) is 59.7 Å². The molecule has 2 aromatic rings. The van der Waals surface area contributed by atoms with E-state index in [9.17, 15) is 19.5 Å². The summed E-state index contributed by atoms with van der Waals surface area (Å²) in [4.78, 5) is 40.7. The summed E-state index contributed by atoms with van der Waals surface area (Å²) >= 11 is 5.40. The summed E-state index contributed by atoms with van der Waals surface area (Å²) in [5.41, 5.74) is 3.99. The number of amides is 2. The lowest BCUT2D eigenvalue weighted by molar-refractivity contribution is -0.156. The Hall–Kier alpha value is -3.06. The van der Waals surface area contributed by atoms with E-state index in [4.69, 9.17) is 12.2 Å². The third kappa shape index (κ3) is 5.15. The zero-order chi connectivity index (χ0) is 25.1. The first-order chi connectivity index (χ1) is 16.8. The van der Waals surface area contributed by atoms with Crippen LogP contribution in [0.25, 0.3) is 11.1 Å². The number of carboxylic acids is 1. The molecule has 184 valence electrons. The van der Waals surface area contributed by atoms with Gasteiger partial charge in [0.1, 0.15) is 12.1 Å². The second-order valence-electron chi connectivity index (χ2n) is 9.61. The molecule has 1 fully saturated rings. The van der Waals surface area contributed by atoms with Crippen LogP contribution in [0.2, 0.25) is 0 Å². The Bertz CT molecular complexity index is 1130. The van der Waals surface area contributed by atoms with Crippen LogP contribution in [-0.4, -0.2) is 44.7 Å². The number of nitrogens with zero attached hydrogens (tertiary/aromatic N) is 1. The molecule has 2 N–H and O–H groups in total. The van der Waals surface area contributed by atoms with E-state index in [1.807, 2.05) is 56.3 Å². The minimum absolute atomic E-state index is 0.0638. The van der Waals surface area contributed by atoms with Gasteiger partial charge < -0.3 is 15.3 Å². The van der Waals surface area contributed by atoms with Crippen molar-refractivity contribution in [3.8, 4) is 11.1 Å². The molecule has 0 radical (unpaired) electrons. The van der Waals surface area contributed by atoms with E-state index in [0.29, 0.717) is 19.3 Å². The topological polar surface area (TPSA) is 86.7 Å². The number of carbonyl (C=O) groups is 3. The highest BCUT2D eigenvalue weighted by Crippen LogP contribution is 2.40. The van der Waals surface area contributed by atoms with Crippen molar-refractivity contribution in [3.63, 3.8) is 0 Å². The number of hydrogen-bond donors (Lipinski definition) is 2. The minimum Gasteiger partial charge on any atom is -0.480 e. The molecule has 2 aliphatic rings. The van der Waals surface area contributed by atoms with Gasteiger partial charge in [0.25, 0.3) is 5.91 Å². The van der Waals surface area contributed by atoms with Crippen LogP contribution >= 0.6 is 12.2 Å². The van der Waals surface area contributed by atoms with Gasteiger partial charge >= 0.3 is 5.97 Å². The summed E-state index contributed by atoms with van der Waals surface area (Å²) in [5.74, 6) is -1.84. The Labute approximate surface area is 211 Å². The molecular formula is C28H32N2O4S. The summed E-state index contributed by atoms with van der Waals surface area (Å²) in [6, 6.07) is 14.0. The molecule has 1 unspecified atom stereocenters. The maximum absolute atomic E-state index is 13.8. The Kier molecular flexibility index (Phi) is 7.65. The van der Waals surface area contributed by atoms with Crippen LogP contribution in [0, 0.1) is 5.92 Å². The molecule has 0 bridgehead atoms. The summed E-state index contributed by atoms with van der Waals surface area (Å²) in [7, 11) is 0. The van der Waals surface area contributed by atoms with Crippen molar-refractivity contribution < 1.29 is 19.5 Å². The predicted molar refractivity (Wildman–Crippen MR) is 139 cm³/mol. The van der Waals surface area contributed by atoms with Gasteiger partial charge in [-0.2, -0.15) is 0 Å². The normalized spacial score (nSPS) is 22.4. The molecule has 2 aromatic carbocycles. The number of aliphatic carboxylic acids is 1. The van der Waals surface area contributed by atoms with Gasteiger partial charge in [0.05, 0.1) is 10.9 Å². The molecule has 35 heavy (non-hydrogen) atoms. The number of benzene rings is 2. The summed E-state index contributed by atoms with van der Waals surface area (Å²) in [6.07, 6.45) is 3.81. The number of nitrogens with one attached hydrogen (secondary N) is 1. The van der Waals surface area contributed by atoms with E-state index in [0.717, 1.165) is 41.5 Å². The molecule has 7 heteroatoms. The summed E-state index contributed by atoms with van der Waals surface area (Å²) < 4.78 is 0. The average molecular weight is 493 g/mol. The molecule has 2 heterocycles. The predicted octanol–water partition coefficient (Wildman–Crippen LogP) is 4.71. The lowest BCUT2D eigenvalue weighted by Gasteiger charge is -2.40. The number of hydrogen-bond acceptors (Lipinski definition) is 4. The first-order valence-corrected chi connectivity index (χ1v) is 12.8. The molecule has 0 spiro atoms. The van der Waals surface area contributed by atoms with Gasteiger partial charge in [-0.15, -0.1) is 0 Å². The van der Waals surface area contributed by atoms with Crippen molar-refractivity contribution in [2.75, 3.05) is 0 Å². The van der Waals surface area contributed by atoms with E-state index in [2.05, 4.69) is 11.4 Å². The fourth-order valence-corrected chi connectivity index (χ4v) is 5.55. The average Bonchev–Trinajstić information content (AvgIpc) is 2.98. The number of carboxylic acid groups (broad SMARTS) is 1. The van der Waals surface area contributed by atoms with Gasteiger partial charge in [-0.1, -0.05) is 75.0 Å². The SMILES string of the molecule is CCCC(C)C(=S)C(=O)N[C@H]1Cc2ccc(-c3ccccc3)cc2[C@H]2CCC[C@@H](C(=O)O)N2C1=O. The second-order valence-corrected chi connectivity index (χ2v) is 10.0. The van der Waals surface area contributed by atoms with Crippen LogP contribution < -0.4 is 5.32 Å². The highest BCUT2D eigenvalue weighted by molar-refractivity contribution is 7.82. The molecule has 0 aromatic heterocycles. The fraction of sp³-hybridized carbons (Fsp3) is 0.429. The van der Waals surface area contributed by atoms with E-state index in [1.54, 1.807) is 0 Å². The van der Waals surface area contributed by atoms with Crippen LogP contribution in [0.4, 0.5) is 0 Å². The minimum atomic E-state index is -1.01. The molecule has 2 amide bonds. The van der Waals surface area contributed by atoms with E-state index in [-0.39, 0.29) is 22.7 Å². The molecule has 4 rings (SSSR count). The number of carbonyl (C=O) groups excluding carboxylic acids is 2. The summed E-state index contributed by atoms with van der Waals surface area (Å²) in [5, 5.41) is 12.8. The molecule has 0 aliphatic carbocycles. The molecule has 2 aliphatic heterocycles. The number of rotatable bonds is 7. The molecule has 0 saturated carbocycles. The Morgan fingerprint density at radius 1 is 1.14 bits per heavy atom. The maximum atomic E-state index is 13.8. The second kappa shape index (κ2) is 10.7. The number of thiocarbonyl (C=S) groups is 1. The third-order valence-electron chi connectivity index (χ3n) is 7.20. The molecule has 1 saturated heterocycles. The lowest BCUT2D eigenvalue weighted by atomic mass is 9.87. The van der Waals surface area contributed by atoms with Crippen molar-refractivity contribution >= 4 is 34.9 Å². The van der Waals surface area contributed by atoms with E-state index in [1.165, 1.54) is 4.90 Å². The number of fused-ring (bicyclic) bond motifs is 3. The number of piperidine rings is 1. The highest BCUT2D eigenvalue weighted by atomic mass is 32.1. The summed E-state index contributed by atoms with van der Waals surface area (Å²) in [6.45, 7) is 3.96. The quantitative estimate of drug-likeness (QED) is 0.547. The monoisotopic (exact) mass is 492 g/mol. The van der Waals surface area contributed by atoms with Crippen molar-refractivity contribution in [2.24, 2.45) is 5.92 Å². The first-order valence-electron chi connectivity index (χ1n) is 12.4. The van der Waals surface area contributed by atoms with Gasteiger partial charge in [0.2, 0.25) is 5.91 Å². The van der Waals surface area contributed by atoms with Gasteiger partial charge in [0.15, 0.2) is 0 Å². The zero-order valence-corrected chi connectivity index (χ0v) is 21.0. The van der Waals surface area contributed by atoms with Crippen LogP contribution in [0.1, 0.15) is 63.1 Å². The Balaban J connectivity index is 1.73. The van der Waals surface area contributed by atoms with Gasteiger partial charge in [0, 0.05) is 6.42 Å². The zero-order valence-electron chi connectivity index (χ0n) is 20.2. The lowest BCUT2D eigenvalue weighted by Crippen LogP contribution is -2.56. The van der Waals surface area contributed by atoms with E-state index >= 15 is 0 Å².